The SMILES string of the molecule is O=S1(=O)CCC(Nc2nccc(-c3sc(N4C5CCC4CN(C4CC4)C5)nc3-c3cccc(NS(=O)(=O)c4c(F)cccc4C(F)(F)F)c3F)n2)CC1. The molecule has 8 rings (SSSR count). The molecule has 0 amide bonds. The normalized spacial score (nSPS) is 22.2. The number of nitrogens with one attached hydrogen (secondary N) is 2. The van der Waals surface area contributed by atoms with Crippen LogP contribution >= 0.6 is 11.3 Å². The zero-order valence-corrected chi connectivity index (χ0v) is 30.4. The quantitative estimate of drug-likeness (QED) is 0.189. The van der Waals surface area contributed by atoms with E-state index in [1.165, 1.54) is 42.5 Å². The van der Waals surface area contributed by atoms with Crippen LogP contribution in [-0.4, -0.2) is 85.5 Å². The Morgan fingerprint density at radius 1 is 0.868 bits per heavy atom. The van der Waals surface area contributed by atoms with Crippen LogP contribution in [0.15, 0.2) is 53.6 Å². The van der Waals surface area contributed by atoms with Crippen LogP contribution < -0.4 is 14.9 Å². The first-order valence-electron chi connectivity index (χ1n) is 17.2. The maximum absolute atomic E-state index is 16.6. The molecular weight excluding hydrogens is 762 g/mol. The van der Waals surface area contributed by atoms with Crippen LogP contribution in [0.25, 0.3) is 21.8 Å². The Morgan fingerprint density at radius 2 is 1.55 bits per heavy atom. The van der Waals surface area contributed by atoms with Gasteiger partial charge in [0.15, 0.2) is 10.9 Å². The number of rotatable bonds is 9. The summed E-state index contributed by atoms with van der Waals surface area (Å²) in [6, 6.07) is 7.89. The van der Waals surface area contributed by atoms with Crippen LogP contribution in [0.2, 0.25) is 0 Å². The number of hydrogen-bond donors (Lipinski definition) is 2. The fourth-order valence-electron chi connectivity index (χ4n) is 7.53. The molecule has 11 nitrogen and oxygen atoms in total. The Bertz CT molecular complexity index is 2260. The predicted octanol–water partition coefficient (Wildman–Crippen LogP) is 6.17. The summed E-state index contributed by atoms with van der Waals surface area (Å²) in [5.74, 6) is -2.46. The van der Waals surface area contributed by atoms with Crippen LogP contribution in [-0.2, 0) is 26.0 Å². The van der Waals surface area contributed by atoms with Crippen molar-refractivity contribution in [2.45, 2.75) is 73.8 Å². The molecule has 19 heteroatoms. The minimum absolute atomic E-state index is 0.0385. The number of sulfone groups is 1. The van der Waals surface area contributed by atoms with Gasteiger partial charge in [0.2, 0.25) is 5.95 Å². The van der Waals surface area contributed by atoms with E-state index in [4.69, 9.17) is 9.97 Å². The second kappa shape index (κ2) is 13.4. The lowest BCUT2D eigenvalue weighted by Gasteiger charge is -2.41. The summed E-state index contributed by atoms with van der Waals surface area (Å²) in [5, 5.41) is 3.83. The fourth-order valence-corrected chi connectivity index (χ4v) is 11.6. The molecule has 2 unspecified atom stereocenters. The summed E-state index contributed by atoms with van der Waals surface area (Å²) in [6.07, 6.45) is 1.34. The molecule has 4 fully saturated rings. The molecule has 53 heavy (non-hydrogen) atoms. The van der Waals surface area contributed by atoms with Crippen molar-refractivity contribution in [3.8, 4) is 21.8 Å². The molecule has 0 spiro atoms. The molecule has 4 aliphatic rings. The highest BCUT2D eigenvalue weighted by Crippen LogP contribution is 2.46. The van der Waals surface area contributed by atoms with Gasteiger partial charge in [0.05, 0.1) is 39.0 Å². The van der Waals surface area contributed by atoms with Crippen LogP contribution in [0.1, 0.15) is 44.1 Å². The number of benzene rings is 2. The highest BCUT2D eigenvalue weighted by Gasteiger charge is 2.45. The number of sulfonamides is 1. The first-order chi connectivity index (χ1) is 25.2. The van der Waals surface area contributed by atoms with E-state index in [0.29, 0.717) is 46.7 Å². The fraction of sp³-hybridized carbons (Fsp3) is 0.441. The highest BCUT2D eigenvalue weighted by molar-refractivity contribution is 7.92. The van der Waals surface area contributed by atoms with Crippen molar-refractivity contribution in [3.05, 3.63) is 65.9 Å². The van der Waals surface area contributed by atoms with Crippen LogP contribution in [0, 0.1) is 11.6 Å². The van der Waals surface area contributed by atoms with E-state index in [1.54, 1.807) is 6.07 Å². The molecular formula is C34H34F5N7O4S3. The van der Waals surface area contributed by atoms with Crippen molar-refractivity contribution >= 4 is 48.0 Å². The topological polar surface area (TPSA) is 137 Å². The third-order valence-electron chi connectivity index (χ3n) is 10.2. The number of alkyl halides is 3. The number of hydrogen-bond acceptors (Lipinski definition) is 11. The third kappa shape index (κ3) is 7.19. The lowest BCUT2D eigenvalue weighted by molar-refractivity contribution is -0.140. The second-order valence-corrected chi connectivity index (χ2v) is 18.8. The molecule has 2 aromatic heterocycles. The van der Waals surface area contributed by atoms with Gasteiger partial charge in [0.1, 0.15) is 20.5 Å². The Morgan fingerprint density at radius 3 is 2.23 bits per heavy atom. The second-order valence-electron chi connectivity index (χ2n) is 13.9. The standard InChI is InChI=1S/C34H34F5N7O4S3/c35-25-5-2-4-24(34(37,38)39)31(25)53(49,50)44-26-6-1-3-23(28(26)36)29-30(27-11-14-40-32(42-27)41-19-12-15-52(47,48)16-13-19)51-33(43-29)46-21-9-10-22(46)18-45(17-21)20-7-8-20/h1-6,11,14,19-22,44H,7-10,12-13,15-18H2,(H,40,41,42). The van der Waals surface area contributed by atoms with Gasteiger partial charge >= 0.3 is 6.18 Å². The number of thiazole rings is 1. The number of piperazine rings is 1. The van der Waals surface area contributed by atoms with Crippen molar-refractivity contribution in [3.63, 3.8) is 0 Å². The summed E-state index contributed by atoms with van der Waals surface area (Å²) in [5.41, 5.74) is -2.08. The summed E-state index contributed by atoms with van der Waals surface area (Å²) < 4.78 is 125. The Labute approximate surface area is 306 Å². The predicted molar refractivity (Wildman–Crippen MR) is 190 cm³/mol. The minimum atomic E-state index is -5.28. The van der Waals surface area contributed by atoms with Gasteiger partial charge in [0, 0.05) is 49.0 Å². The molecule has 5 heterocycles. The summed E-state index contributed by atoms with van der Waals surface area (Å²) in [7, 11) is -8.38. The summed E-state index contributed by atoms with van der Waals surface area (Å²) >= 11 is 1.29. The van der Waals surface area contributed by atoms with Crippen molar-refractivity contribution in [2.75, 3.05) is 39.5 Å². The first-order valence-corrected chi connectivity index (χ1v) is 21.3. The molecule has 3 saturated heterocycles. The molecule has 4 aromatic rings. The van der Waals surface area contributed by atoms with Gasteiger partial charge in [0.25, 0.3) is 10.0 Å². The molecule has 1 aliphatic carbocycles. The van der Waals surface area contributed by atoms with Crippen molar-refractivity contribution in [1.82, 2.24) is 19.9 Å². The summed E-state index contributed by atoms with van der Waals surface area (Å²) in [6.45, 7) is 1.73. The monoisotopic (exact) mass is 795 g/mol. The van der Waals surface area contributed by atoms with Gasteiger partial charge in [-0.25, -0.2) is 40.6 Å². The Kier molecular flexibility index (Phi) is 9.13. The van der Waals surface area contributed by atoms with Crippen LogP contribution in [0.5, 0.6) is 0 Å². The Hall–Kier alpha value is -3.94. The maximum atomic E-state index is 16.6. The van der Waals surface area contributed by atoms with E-state index in [-0.39, 0.29) is 46.8 Å². The highest BCUT2D eigenvalue weighted by atomic mass is 32.2. The van der Waals surface area contributed by atoms with Gasteiger partial charge in [-0.3, -0.25) is 9.62 Å². The lowest BCUT2D eigenvalue weighted by Crippen LogP contribution is -2.54. The zero-order valence-electron chi connectivity index (χ0n) is 28.0. The molecule has 0 radical (unpaired) electrons. The molecule has 2 atom stereocenters. The molecule has 1 saturated carbocycles. The van der Waals surface area contributed by atoms with Gasteiger partial charge in [-0.2, -0.15) is 13.2 Å². The molecule has 2 aromatic carbocycles. The van der Waals surface area contributed by atoms with Gasteiger partial charge in [-0.15, -0.1) is 0 Å². The largest absolute Gasteiger partial charge is 0.417 e. The number of anilines is 3. The smallest absolute Gasteiger partial charge is 0.351 e. The van der Waals surface area contributed by atoms with Crippen LogP contribution in [0.3, 0.4) is 0 Å². The molecule has 2 N–H and O–H groups in total. The number of nitrogens with zero attached hydrogens (tertiary/aromatic N) is 5. The molecule has 2 bridgehead atoms. The molecule has 3 aliphatic heterocycles. The van der Waals surface area contributed by atoms with Crippen molar-refractivity contribution < 1.29 is 38.8 Å². The van der Waals surface area contributed by atoms with E-state index < -0.39 is 53.8 Å². The van der Waals surface area contributed by atoms with E-state index >= 15 is 4.39 Å². The Balaban J connectivity index is 1.18. The van der Waals surface area contributed by atoms with Crippen molar-refractivity contribution in [1.29, 1.82) is 0 Å². The van der Waals surface area contributed by atoms with Crippen LogP contribution in [0.4, 0.5) is 38.7 Å². The minimum Gasteiger partial charge on any atom is -0.351 e. The number of halogens is 5. The maximum Gasteiger partial charge on any atom is 0.417 e. The van der Waals surface area contributed by atoms with Crippen molar-refractivity contribution in [2.24, 2.45) is 0 Å². The van der Waals surface area contributed by atoms with E-state index in [2.05, 4.69) is 20.1 Å². The third-order valence-corrected chi connectivity index (χ3v) is 14.5. The first kappa shape index (κ1) is 36.1. The van der Waals surface area contributed by atoms with E-state index in [9.17, 15) is 34.4 Å². The van der Waals surface area contributed by atoms with Gasteiger partial charge in [-0.05, 0) is 68.9 Å². The van der Waals surface area contributed by atoms with Gasteiger partial charge < -0.3 is 10.2 Å². The summed E-state index contributed by atoms with van der Waals surface area (Å²) in [4.78, 5) is 17.5. The lowest BCUT2D eigenvalue weighted by atomic mass is 10.1. The van der Waals surface area contributed by atoms with E-state index in [0.717, 1.165) is 38.1 Å². The van der Waals surface area contributed by atoms with Gasteiger partial charge in [-0.1, -0.05) is 23.5 Å². The number of fused-ring (bicyclic) bond motifs is 2. The molecule has 282 valence electrons. The zero-order chi connectivity index (χ0) is 37.3. The average molecular weight is 796 g/mol. The average Bonchev–Trinajstić information content (AvgIpc) is 3.81. The van der Waals surface area contributed by atoms with E-state index in [1.807, 2.05) is 4.72 Å². The number of aromatic nitrogens is 3. The number of likely N-dealkylation sites (tertiary alicyclic amines) is 1.